The number of aliphatic hydroxyl groups is 1. The van der Waals surface area contributed by atoms with Crippen LogP contribution in [-0.4, -0.2) is 35.2 Å². The summed E-state index contributed by atoms with van der Waals surface area (Å²) in [6.07, 6.45) is 1.74. The lowest BCUT2D eigenvalue weighted by atomic mass is 10.1. The molecule has 0 unspecified atom stereocenters. The van der Waals surface area contributed by atoms with E-state index in [4.69, 9.17) is 9.40 Å². The van der Waals surface area contributed by atoms with Crippen molar-refractivity contribution < 1.29 is 9.52 Å². The normalized spacial score (nSPS) is 11.9. The van der Waals surface area contributed by atoms with Gasteiger partial charge in [-0.15, -0.1) is 0 Å². The van der Waals surface area contributed by atoms with Crippen molar-refractivity contribution >= 4 is 23.4 Å². The molecule has 4 aromatic rings. The molecular weight excluding hydrogens is 388 g/mol. The van der Waals surface area contributed by atoms with Crippen molar-refractivity contribution in [2.24, 2.45) is 0 Å². The van der Waals surface area contributed by atoms with Gasteiger partial charge in [-0.05, 0) is 52.0 Å². The molecule has 0 amide bonds. The second-order valence-electron chi connectivity index (χ2n) is 7.63. The first-order valence-corrected chi connectivity index (χ1v) is 9.99. The molecule has 0 aliphatic heterocycles. The van der Waals surface area contributed by atoms with Crippen LogP contribution in [0.15, 0.2) is 50.9 Å². The minimum Gasteiger partial charge on any atom is -0.458 e. The van der Waals surface area contributed by atoms with Crippen molar-refractivity contribution in [3.63, 3.8) is 0 Å². The molecule has 0 atom stereocenters. The molecule has 0 radical (unpaired) electrons. The number of aromatic nitrogens is 5. The fraction of sp³-hybridized carbons (Fsp3) is 0.300. The molecule has 4 heterocycles. The summed E-state index contributed by atoms with van der Waals surface area (Å²) in [5.74, 6) is 2.48. The van der Waals surface area contributed by atoms with Gasteiger partial charge in [0, 0.05) is 5.54 Å². The third kappa shape index (κ3) is 4.25. The zero-order valence-corrected chi connectivity index (χ0v) is 17.5. The lowest BCUT2D eigenvalue weighted by Gasteiger charge is -2.20. The summed E-state index contributed by atoms with van der Waals surface area (Å²) in [5, 5.41) is 17.9. The summed E-state index contributed by atoms with van der Waals surface area (Å²) in [7, 11) is 0. The molecule has 150 valence electrons. The van der Waals surface area contributed by atoms with Crippen molar-refractivity contribution in [1.29, 1.82) is 0 Å². The molecule has 0 saturated carbocycles. The largest absolute Gasteiger partial charge is 0.458 e. The second kappa shape index (κ2) is 7.49. The Morgan fingerprint density at radius 3 is 2.66 bits per heavy atom. The van der Waals surface area contributed by atoms with E-state index in [0.717, 1.165) is 15.7 Å². The fourth-order valence-electron chi connectivity index (χ4n) is 2.75. The number of aryl methyl sites for hydroxylation is 1. The highest BCUT2D eigenvalue weighted by Crippen LogP contribution is 2.32. The molecule has 0 saturated heterocycles. The van der Waals surface area contributed by atoms with Crippen molar-refractivity contribution in [1.82, 2.24) is 24.6 Å². The molecule has 0 aromatic carbocycles. The Kier molecular flexibility index (Phi) is 5.01. The van der Waals surface area contributed by atoms with Crippen LogP contribution in [0.4, 0.5) is 5.95 Å². The van der Waals surface area contributed by atoms with E-state index in [9.17, 15) is 5.11 Å². The van der Waals surface area contributed by atoms with Crippen LogP contribution in [0.1, 0.15) is 32.2 Å². The van der Waals surface area contributed by atoms with E-state index in [1.165, 1.54) is 11.8 Å². The lowest BCUT2D eigenvalue weighted by Crippen LogP contribution is -2.27. The van der Waals surface area contributed by atoms with E-state index in [-0.39, 0.29) is 12.1 Å². The van der Waals surface area contributed by atoms with Gasteiger partial charge >= 0.3 is 0 Å². The average Bonchev–Trinajstić information content (AvgIpc) is 3.27. The smallest absolute Gasteiger partial charge is 0.227 e. The second-order valence-corrected chi connectivity index (χ2v) is 8.69. The summed E-state index contributed by atoms with van der Waals surface area (Å²) < 4.78 is 7.47. The van der Waals surface area contributed by atoms with Crippen LogP contribution in [0, 0.1) is 6.92 Å². The SMILES string of the molecule is Cc1ccc(-c2nc(NC(C)(C)C)nc3c(Sc4cccc(CO)n4)cnn23)o1. The number of aliphatic hydroxyl groups excluding tert-OH is 1. The summed E-state index contributed by atoms with van der Waals surface area (Å²) >= 11 is 1.43. The molecule has 29 heavy (non-hydrogen) atoms. The Hall–Kier alpha value is -2.91. The maximum absolute atomic E-state index is 9.34. The minimum absolute atomic E-state index is 0.104. The molecule has 9 heteroatoms. The highest BCUT2D eigenvalue weighted by Gasteiger charge is 2.20. The third-order valence-corrected chi connectivity index (χ3v) is 4.89. The quantitative estimate of drug-likeness (QED) is 0.510. The van der Waals surface area contributed by atoms with E-state index >= 15 is 0 Å². The molecule has 0 aliphatic rings. The van der Waals surface area contributed by atoms with Crippen molar-refractivity contribution in [2.75, 3.05) is 5.32 Å². The number of nitrogens with zero attached hydrogens (tertiary/aromatic N) is 5. The number of nitrogens with one attached hydrogen (secondary N) is 1. The van der Waals surface area contributed by atoms with Crippen LogP contribution >= 0.6 is 11.8 Å². The summed E-state index contributed by atoms with van der Waals surface area (Å²) in [4.78, 5) is 14.6. The Morgan fingerprint density at radius 2 is 1.97 bits per heavy atom. The Morgan fingerprint density at radius 1 is 1.14 bits per heavy atom. The van der Waals surface area contributed by atoms with Crippen LogP contribution < -0.4 is 5.32 Å². The van der Waals surface area contributed by atoms with Gasteiger partial charge < -0.3 is 14.8 Å². The zero-order valence-electron chi connectivity index (χ0n) is 16.7. The zero-order chi connectivity index (χ0) is 20.6. The summed E-state index contributed by atoms with van der Waals surface area (Å²) in [5.41, 5.74) is 1.05. The first-order chi connectivity index (χ1) is 13.8. The third-order valence-electron chi connectivity index (χ3n) is 3.94. The van der Waals surface area contributed by atoms with Gasteiger partial charge in [0.05, 0.1) is 23.4 Å². The average molecular weight is 411 g/mol. The first kappa shape index (κ1) is 19.4. The number of hydrogen-bond donors (Lipinski definition) is 2. The van der Waals surface area contributed by atoms with Crippen LogP contribution in [0.5, 0.6) is 0 Å². The molecule has 4 aromatic heterocycles. The number of furan rings is 1. The molecule has 0 bridgehead atoms. The van der Waals surface area contributed by atoms with Crippen LogP contribution in [0.25, 0.3) is 17.2 Å². The summed E-state index contributed by atoms with van der Waals surface area (Å²) in [6.45, 7) is 7.93. The molecule has 0 fully saturated rings. The van der Waals surface area contributed by atoms with Crippen LogP contribution in [-0.2, 0) is 6.61 Å². The predicted octanol–water partition coefficient (Wildman–Crippen LogP) is 3.94. The van der Waals surface area contributed by atoms with E-state index in [1.54, 1.807) is 16.8 Å². The van der Waals surface area contributed by atoms with Gasteiger partial charge in [0.25, 0.3) is 0 Å². The molecular formula is C20H22N6O2S. The number of pyridine rings is 1. The van der Waals surface area contributed by atoms with Gasteiger partial charge in [-0.25, -0.2) is 4.98 Å². The number of hydrogen-bond acceptors (Lipinski definition) is 8. The number of rotatable bonds is 5. The monoisotopic (exact) mass is 410 g/mol. The Bertz CT molecular complexity index is 1160. The first-order valence-electron chi connectivity index (χ1n) is 9.18. The minimum atomic E-state index is -0.209. The molecule has 0 aliphatic carbocycles. The predicted molar refractivity (Wildman–Crippen MR) is 111 cm³/mol. The lowest BCUT2D eigenvalue weighted by molar-refractivity contribution is 0.276. The van der Waals surface area contributed by atoms with Crippen LogP contribution in [0.2, 0.25) is 0 Å². The van der Waals surface area contributed by atoms with E-state index in [1.807, 2.05) is 52.0 Å². The van der Waals surface area contributed by atoms with Crippen molar-refractivity contribution in [3.05, 3.63) is 48.0 Å². The van der Waals surface area contributed by atoms with Gasteiger partial charge in [-0.3, -0.25) is 0 Å². The highest BCUT2D eigenvalue weighted by atomic mass is 32.2. The van der Waals surface area contributed by atoms with Crippen molar-refractivity contribution in [2.45, 2.75) is 49.8 Å². The summed E-state index contributed by atoms with van der Waals surface area (Å²) in [6, 6.07) is 9.30. The number of anilines is 1. The van der Waals surface area contributed by atoms with Gasteiger partial charge in [-0.1, -0.05) is 17.8 Å². The maximum atomic E-state index is 9.34. The number of fused-ring (bicyclic) bond motifs is 1. The Labute approximate surface area is 172 Å². The topological polar surface area (TPSA) is 101 Å². The fourth-order valence-corrected chi connectivity index (χ4v) is 3.61. The molecule has 0 spiro atoms. The standard InChI is InChI=1S/C20H22N6O2S/c1-12-8-9-14(28-12)17-23-19(25-20(2,3)4)24-18-15(10-21-26(17)18)29-16-7-5-6-13(11-27)22-16/h5-10,27H,11H2,1-4H3,(H,24,25). The van der Waals surface area contributed by atoms with Gasteiger partial charge in [0.1, 0.15) is 10.8 Å². The molecule has 4 rings (SSSR count). The van der Waals surface area contributed by atoms with E-state index < -0.39 is 0 Å². The maximum Gasteiger partial charge on any atom is 0.227 e. The van der Waals surface area contributed by atoms with Gasteiger partial charge in [0.2, 0.25) is 11.8 Å². The van der Waals surface area contributed by atoms with E-state index in [2.05, 4.69) is 20.4 Å². The van der Waals surface area contributed by atoms with Crippen molar-refractivity contribution in [3.8, 4) is 11.6 Å². The molecule has 8 nitrogen and oxygen atoms in total. The van der Waals surface area contributed by atoms with Gasteiger partial charge in [0.15, 0.2) is 11.4 Å². The Balaban J connectivity index is 1.83. The molecule has 2 N–H and O–H groups in total. The highest BCUT2D eigenvalue weighted by molar-refractivity contribution is 7.99. The van der Waals surface area contributed by atoms with E-state index in [0.29, 0.717) is 28.9 Å². The van der Waals surface area contributed by atoms with Crippen LogP contribution in [0.3, 0.4) is 0 Å². The van der Waals surface area contributed by atoms with Gasteiger partial charge in [-0.2, -0.15) is 19.6 Å².